The van der Waals surface area contributed by atoms with Crippen LogP contribution in [0.1, 0.15) is 28.9 Å². The number of benzene rings is 1. The lowest BCUT2D eigenvalue weighted by Crippen LogP contribution is -2.41. The number of aromatic amines is 1. The monoisotopic (exact) mass is 470 g/mol. The molecule has 0 bridgehead atoms. The van der Waals surface area contributed by atoms with Gasteiger partial charge < -0.3 is 26.2 Å². The van der Waals surface area contributed by atoms with Gasteiger partial charge in [-0.1, -0.05) is 0 Å². The van der Waals surface area contributed by atoms with Crippen molar-refractivity contribution in [2.45, 2.75) is 25.4 Å². The van der Waals surface area contributed by atoms with E-state index in [1.807, 2.05) is 0 Å². The number of aromatic nitrogens is 4. The maximum Gasteiger partial charge on any atom is 0.326 e. The Morgan fingerprint density at radius 1 is 1.18 bits per heavy atom. The van der Waals surface area contributed by atoms with Crippen LogP contribution < -0.4 is 27.7 Å². The van der Waals surface area contributed by atoms with Gasteiger partial charge in [0.15, 0.2) is 11.2 Å². The molecular formula is C20H22N8O6. The zero-order valence-corrected chi connectivity index (χ0v) is 17.8. The summed E-state index contributed by atoms with van der Waals surface area (Å²) in [7, 11) is 0. The highest BCUT2D eigenvalue weighted by molar-refractivity contribution is 5.97. The average molecular weight is 470 g/mol. The van der Waals surface area contributed by atoms with E-state index in [4.69, 9.17) is 11.5 Å². The van der Waals surface area contributed by atoms with Gasteiger partial charge in [0, 0.05) is 17.7 Å². The van der Waals surface area contributed by atoms with Crippen molar-refractivity contribution in [3.63, 3.8) is 0 Å². The summed E-state index contributed by atoms with van der Waals surface area (Å²) in [6, 6.07) is 4.97. The fraction of sp³-hybridized carbons (Fsp3) is 0.250. The maximum atomic E-state index is 12.4. The third-order valence-corrected chi connectivity index (χ3v) is 4.59. The van der Waals surface area contributed by atoms with Crippen LogP contribution in [-0.2, 0) is 20.9 Å². The second-order valence-electron chi connectivity index (χ2n) is 7.00. The third-order valence-electron chi connectivity index (χ3n) is 4.59. The summed E-state index contributed by atoms with van der Waals surface area (Å²) >= 11 is 0. The van der Waals surface area contributed by atoms with Crippen LogP contribution in [-0.4, -0.2) is 55.7 Å². The summed E-state index contributed by atoms with van der Waals surface area (Å²) in [4.78, 5) is 61.7. The number of nitrogen functional groups attached to an aromatic ring is 1. The zero-order chi connectivity index (χ0) is 24.7. The van der Waals surface area contributed by atoms with Crippen LogP contribution in [0, 0.1) is 0 Å². The Labute approximate surface area is 191 Å². The Morgan fingerprint density at radius 2 is 1.91 bits per heavy atom. The lowest BCUT2D eigenvalue weighted by atomic mass is 10.1. The molecule has 0 aliphatic rings. The number of carbonyl (C=O) groups excluding carboxylic acids is 2. The molecule has 0 saturated carbocycles. The quantitative estimate of drug-likeness (QED) is 0.160. The highest BCUT2D eigenvalue weighted by atomic mass is 16.5. The minimum atomic E-state index is -1.28. The molecule has 3 rings (SSSR count). The van der Waals surface area contributed by atoms with Gasteiger partial charge in [-0.2, -0.15) is 4.98 Å². The van der Waals surface area contributed by atoms with E-state index in [1.165, 1.54) is 18.3 Å². The molecule has 34 heavy (non-hydrogen) atoms. The molecule has 0 aliphatic heterocycles. The Hall–Kier alpha value is -4.59. The molecule has 1 atom stereocenters. The molecule has 14 heteroatoms. The lowest BCUT2D eigenvalue weighted by Gasteiger charge is -2.14. The van der Waals surface area contributed by atoms with Gasteiger partial charge in [-0.3, -0.25) is 25.1 Å². The molecule has 2 heterocycles. The van der Waals surface area contributed by atoms with E-state index >= 15 is 0 Å². The highest BCUT2D eigenvalue weighted by Crippen LogP contribution is 2.12. The minimum Gasteiger partial charge on any atom is -0.480 e. The summed E-state index contributed by atoms with van der Waals surface area (Å²) in [5.74, 6) is -2.59. The zero-order valence-electron chi connectivity index (χ0n) is 17.8. The molecule has 0 saturated heterocycles. The topological polar surface area (TPSA) is 228 Å². The van der Waals surface area contributed by atoms with E-state index in [2.05, 4.69) is 35.3 Å². The van der Waals surface area contributed by atoms with Gasteiger partial charge in [0.2, 0.25) is 5.95 Å². The number of nitrogens with one attached hydrogen (secondary N) is 3. The van der Waals surface area contributed by atoms with Crippen molar-refractivity contribution in [3.8, 4) is 0 Å². The fourth-order valence-electron chi connectivity index (χ4n) is 2.91. The van der Waals surface area contributed by atoms with Crippen molar-refractivity contribution in [1.29, 1.82) is 0 Å². The number of aliphatic carboxylic acids is 1. The van der Waals surface area contributed by atoms with E-state index in [0.29, 0.717) is 11.4 Å². The van der Waals surface area contributed by atoms with Crippen LogP contribution in [0.25, 0.3) is 11.2 Å². The number of amides is 1. The van der Waals surface area contributed by atoms with Crippen molar-refractivity contribution < 1.29 is 24.2 Å². The standard InChI is InChI=1S/C20H22N8O6/c21-9-34-14(29)6-5-13(19(32)33)26-17(30)10-1-3-11(4-2-10)23-7-12-8-24-16-15(25-12)18(31)28-20(22)27-16/h1-4,8,13,23H,5-7,9,21H2,(H,26,30)(H,32,33)(H3,22,24,27,28,31). The van der Waals surface area contributed by atoms with Crippen molar-refractivity contribution in [3.05, 3.63) is 52.1 Å². The predicted molar refractivity (Wildman–Crippen MR) is 119 cm³/mol. The molecule has 0 radical (unpaired) electrons. The van der Waals surface area contributed by atoms with Gasteiger partial charge >= 0.3 is 11.9 Å². The summed E-state index contributed by atoms with van der Waals surface area (Å²) in [5.41, 5.74) is 11.6. The molecule has 8 N–H and O–H groups in total. The fourth-order valence-corrected chi connectivity index (χ4v) is 2.91. The van der Waals surface area contributed by atoms with Gasteiger partial charge in [-0.25, -0.2) is 14.8 Å². The van der Waals surface area contributed by atoms with E-state index in [-0.39, 0.29) is 48.8 Å². The normalized spacial score (nSPS) is 11.6. The van der Waals surface area contributed by atoms with Gasteiger partial charge in [-0.15, -0.1) is 0 Å². The number of esters is 1. The van der Waals surface area contributed by atoms with Crippen molar-refractivity contribution in [2.24, 2.45) is 5.73 Å². The Bertz CT molecular complexity index is 1260. The molecule has 1 unspecified atom stereocenters. The number of H-pyrrole nitrogens is 1. The average Bonchev–Trinajstić information content (AvgIpc) is 2.80. The summed E-state index contributed by atoms with van der Waals surface area (Å²) in [5, 5.41) is 14.7. The van der Waals surface area contributed by atoms with Crippen molar-refractivity contribution >= 4 is 40.6 Å². The molecule has 0 spiro atoms. The number of hydrogen-bond acceptors (Lipinski definition) is 11. The number of fused-ring (bicyclic) bond motifs is 1. The summed E-state index contributed by atoms with van der Waals surface area (Å²) in [6.07, 6.45) is 1.11. The first-order valence-corrected chi connectivity index (χ1v) is 10.0. The number of carbonyl (C=O) groups is 3. The molecule has 3 aromatic rings. The lowest BCUT2D eigenvalue weighted by molar-refractivity contribution is -0.144. The second kappa shape index (κ2) is 10.8. The molecular weight excluding hydrogens is 448 g/mol. The van der Waals surface area contributed by atoms with Gasteiger partial charge in [0.05, 0.1) is 18.4 Å². The third kappa shape index (κ3) is 6.23. The van der Waals surface area contributed by atoms with Gasteiger partial charge in [0.1, 0.15) is 12.8 Å². The molecule has 0 fully saturated rings. The molecule has 178 valence electrons. The van der Waals surface area contributed by atoms with E-state index in [9.17, 15) is 24.3 Å². The summed E-state index contributed by atoms with van der Waals surface area (Å²) < 4.78 is 4.55. The number of nitrogens with zero attached hydrogens (tertiary/aromatic N) is 3. The van der Waals surface area contributed by atoms with Crippen molar-refractivity contribution in [2.75, 3.05) is 17.8 Å². The largest absolute Gasteiger partial charge is 0.480 e. The van der Waals surface area contributed by atoms with Crippen LogP contribution in [0.15, 0.2) is 35.3 Å². The van der Waals surface area contributed by atoms with Crippen LogP contribution >= 0.6 is 0 Å². The number of nitrogens with two attached hydrogens (primary N) is 2. The molecule has 14 nitrogen and oxygen atoms in total. The first kappa shape index (κ1) is 24.1. The Balaban J connectivity index is 1.59. The van der Waals surface area contributed by atoms with E-state index < -0.39 is 29.4 Å². The molecule has 2 aromatic heterocycles. The van der Waals surface area contributed by atoms with Crippen LogP contribution in [0.3, 0.4) is 0 Å². The number of ether oxygens (including phenoxy) is 1. The number of carboxylic acids is 1. The highest BCUT2D eigenvalue weighted by Gasteiger charge is 2.22. The second-order valence-corrected chi connectivity index (χ2v) is 7.00. The number of rotatable bonds is 10. The molecule has 1 amide bonds. The first-order chi connectivity index (χ1) is 16.3. The van der Waals surface area contributed by atoms with Crippen LogP contribution in [0.4, 0.5) is 11.6 Å². The van der Waals surface area contributed by atoms with Crippen LogP contribution in [0.5, 0.6) is 0 Å². The molecule has 0 aliphatic carbocycles. The molecule has 1 aromatic carbocycles. The minimum absolute atomic E-state index is 0.0504. The number of anilines is 2. The van der Waals surface area contributed by atoms with Crippen LogP contribution in [0.2, 0.25) is 0 Å². The smallest absolute Gasteiger partial charge is 0.326 e. The Morgan fingerprint density at radius 3 is 2.59 bits per heavy atom. The Kier molecular flexibility index (Phi) is 7.66. The number of hydrogen-bond donors (Lipinski definition) is 6. The van der Waals surface area contributed by atoms with E-state index in [0.717, 1.165) is 0 Å². The first-order valence-electron chi connectivity index (χ1n) is 10.0. The maximum absolute atomic E-state index is 12.4. The van der Waals surface area contributed by atoms with Gasteiger partial charge in [0.25, 0.3) is 11.5 Å². The van der Waals surface area contributed by atoms with Gasteiger partial charge in [-0.05, 0) is 30.7 Å². The van der Waals surface area contributed by atoms with E-state index in [1.54, 1.807) is 12.1 Å². The SMILES string of the molecule is NCOC(=O)CCC(NC(=O)c1ccc(NCc2cnc3nc(N)[nH]c(=O)c3n2)cc1)C(=O)O. The summed E-state index contributed by atoms with van der Waals surface area (Å²) in [6.45, 7) is -0.0698. The number of carboxylic acid groups (broad SMARTS) is 1. The predicted octanol–water partition coefficient (Wildman–Crippen LogP) is -0.670. The van der Waals surface area contributed by atoms with Crippen molar-refractivity contribution in [1.82, 2.24) is 25.3 Å².